The topological polar surface area (TPSA) is 21.3 Å². The predicted octanol–water partition coefficient (Wildman–Crippen LogP) is 0.939. The highest BCUT2D eigenvalue weighted by molar-refractivity contribution is 4.96. The third kappa shape index (κ3) is 4.01. The third-order valence-electron chi connectivity index (χ3n) is 0.979. The molecule has 0 aliphatic heterocycles. The van der Waals surface area contributed by atoms with Crippen molar-refractivity contribution in [2.24, 2.45) is 0 Å². The minimum absolute atomic E-state index is 0.0601. The summed E-state index contributed by atoms with van der Waals surface area (Å²) in [4.78, 5) is 4.88. The summed E-state index contributed by atoms with van der Waals surface area (Å²) in [5.74, 6) is 2.55. The van der Waals surface area contributed by atoms with Gasteiger partial charge >= 0.3 is 0 Å². The Kier molecular flexibility index (Phi) is 5.29. The molecule has 0 aliphatic rings. The highest BCUT2D eigenvalue weighted by Crippen LogP contribution is 1.86. The van der Waals surface area contributed by atoms with E-state index in [-0.39, 0.29) is 6.04 Å². The van der Waals surface area contributed by atoms with Crippen LogP contribution in [-0.4, -0.2) is 12.6 Å². The molecular formula is C7H13NO. The lowest BCUT2D eigenvalue weighted by atomic mass is 10.3. The predicted molar refractivity (Wildman–Crippen MR) is 37.7 cm³/mol. The van der Waals surface area contributed by atoms with Crippen molar-refractivity contribution in [3.8, 4) is 12.3 Å². The first kappa shape index (κ1) is 8.48. The number of rotatable bonds is 4. The molecule has 52 valence electrons. The molecule has 0 aromatic carbocycles. The second kappa shape index (κ2) is 5.61. The van der Waals surface area contributed by atoms with Crippen LogP contribution in [-0.2, 0) is 4.84 Å². The molecule has 2 heteroatoms. The highest BCUT2D eigenvalue weighted by atomic mass is 16.6. The van der Waals surface area contributed by atoms with E-state index in [0.29, 0.717) is 6.61 Å². The van der Waals surface area contributed by atoms with E-state index in [1.54, 1.807) is 0 Å². The maximum Gasteiger partial charge on any atom is 0.0923 e. The van der Waals surface area contributed by atoms with Crippen molar-refractivity contribution >= 4 is 0 Å². The zero-order chi connectivity index (χ0) is 7.11. The molecule has 0 aromatic rings. The molecule has 9 heavy (non-hydrogen) atoms. The average Bonchev–Trinajstić information content (AvgIpc) is 1.91. The van der Waals surface area contributed by atoms with Gasteiger partial charge in [0.1, 0.15) is 0 Å². The van der Waals surface area contributed by atoms with Crippen molar-refractivity contribution in [1.82, 2.24) is 5.48 Å². The first-order chi connectivity index (χ1) is 4.35. The molecule has 1 N–H and O–H groups in total. The Morgan fingerprint density at radius 2 is 2.33 bits per heavy atom. The zero-order valence-corrected chi connectivity index (χ0v) is 5.98. The van der Waals surface area contributed by atoms with E-state index in [4.69, 9.17) is 11.3 Å². The molecule has 0 fully saturated rings. The van der Waals surface area contributed by atoms with Crippen molar-refractivity contribution < 1.29 is 4.84 Å². The summed E-state index contributed by atoms with van der Waals surface area (Å²) in [6, 6.07) is 0.0601. The molecule has 0 heterocycles. The normalized spacial score (nSPS) is 12.6. The molecule has 0 spiro atoms. The summed E-state index contributed by atoms with van der Waals surface area (Å²) in [6.45, 7) is 4.57. The molecule has 1 unspecified atom stereocenters. The second-order valence-corrected chi connectivity index (χ2v) is 1.68. The monoisotopic (exact) mass is 127 g/mol. The molecule has 0 aliphatic carbocycles. The van der Waals surface area contributed by atoms with Crippen molar-refractivity contribution in [3.63, 3.8) is 0 Å². The summed E-state index contributed by atoms with van der Waals surface area (Å²) < 4.78 is 0. The summed E-state index contributed by atoms with van der Waals surface area (Å²) in [5, 5.41) is 0. The van der Waals surface area contributed by atoms with Gasteiger partial charge in [0.25, 0.3) is 0 Å². The van der Waals surface area contributed by atoms with Gasteiger partial charge in [-0.25, -0.2) is 0 Å². The highest BCUT2D eigenvalue weighted by Gasteiger charge is 1.96. The third-order valence-corrected chi connectivity index (χ3v) is 0.979. The van der Waals surface area contributed by atoms with E-state index in [1.165, 1.54) is 0 Å². The summed E-state index contributed by atoms with van der Waals surface area (Å²) in [5.41, 5.74) is 2.73. The number of hydrogen-bond donors (Lipinski definition) is 1. The molecule has 1 atom stereocenters. The Morgan fingerprint density at radius 1 is 1.67 bits per heavy atom. The van der Waals surface area contributed by atoms with Gasteiger partial charge in [0.15, 0.2) is 0 Å². The minimum Gasteiger partial charge on any atom is -0.301 e. The van der Waals surface area contributed by atoms with Crippen molar-refractivity contribution in [2.75, 3.05) is 6.61 Å². The lowest BCUT2D eigenvalue weighted by Gasteiger charge is -2.07. The molecule has 0 saturated carbocycles. The van der Waals surface area contributed by atoms with E-state index in [9.17, 15) is 0 Å². The Labute approximate surface area is 56.5 Å². The Morgan fingerprint density at radius 3 is 2.67 bits per heavy atom. The Balaban J connectivity index is 3.23. The molecule has 0 bridgehead atoms. The van der Waals surface area contributed by atoms with Gasteiger partial charge in [-0.2, -0.15) is 5.48 Å². The smallest absolute Gasteiger partial charge is 0.0923 e. The largest absolute Gasteiger partial charge is 0.301 e. The van der Waals surface area contributed by atoms with E-state index in [0.717, 1.165) is 6.42 Å². The second-order valence-electron chi connectivity index (χ2n) is 1.68. The average molecular weight is 127 g/mol. The molecule has 0 saturated heterocycles. The molecule has 0 rings (SSSR count). The Bertz CT molecular complexity index is 95.6. The number of nitrogens with one attached hydrogen (secondary N) is 1. The van der Waals surface area contributed by atoms with Crippen LogP contribution in [0.4, 0.5) is 0 Å². The molecule has 0 aromatic heterocycles. The standard InChI is InChI=1S/C7H13NO/c1-4-7(5-2)8-9-6-3/h1,7-8H,5-6H2,2-3H3. The van der Waals surface area contributed by atoms with E-state index >= 15 is 0 Å². The maximum atomic E-state index is 5.13. The van der Waals surface area contributed by atoms with Crippen LogP contribution in [0.2, 0.25) is 0 Å². The fourth-order valence-corrected chi connectivity index (χ4v) is 0.419. The quantitative estimate of drug-likeness (QED) is 0.448. The van der Waals surface area contributed by atoms with Gasteiger partial charge in [-0.15, -0.1) is 6.42 Å². The number of hydrogen-bond acceptors (Lipinski definition) is 2. The van der Waals surface area contributed by atoms with Crippen LogP contribution < -0.4 is 5.48 Å². The molecule has 0 amide bonds. The van der Waals surface area contributed by atoms with Crippen LogP contribution in [0.1, 0.15) is 20.3 Å². The van der Waals surface area contributed by atoms with Gasteiger partial charge in [-0.05, 0) is 13.3 Å². The van der Waals surface area contributed by atoms with Crippen LogP contribution >= 0.6 is 0 Å². The van der Waals surface area contributed by atoms with Gasteiger partial charge in [0, 0.05) is 0 Å². The maximum absolute atomic E-state index is 5.13. The molecule has 0 radical (unpaired) electrons. The van der Waals surface area contributed by atoms with E-state index in [1.807, 2.05) is 13.8 Å². The first-order valence-corrected chi connectivity index (χ1v) is 3.18. The summed E-state index contributed by atoms with van der Waals surface area (Å²) in [7, 11) is 0. The van der Waals surface area contributed by atoms with Gasteiger partial charge in [-0.1, -0.05) is 12.8 Å². The SMILES string of the molecule is C#CC(CC)NOCC. The number of hydroxylamine groups is 1. The summed E-state index contributed by atoms with van der Waals surface area (Å²) in [6.07, 6.45) is 6.03. The van der Waals surface area contributed by atoms with Crippen LogP contribution in [0.3, 0.4) is 0 Å². The van der Waals surface area contributed by atoms with Gasteiger partial charge in [0.05, 0.1) is 12.6 Å². The summed E-state index contributed by atoms with van der Waals surface area (Å²) >= 11 is 0. The van der Waals surface area contributed by atoms with E-state index in [2.05, 4.69) is 11.4 Å². The first-order valence-electron chi connectivity index (χ1n) is 3.18. The lowest BCUT2D eigenvalue weighted by Crippen LogP contribution is -2.26. The lowest BCUT2D eigenvalue weighted by molar-refractivity contribution is 0.0368. The van der Waals surface area contributed by atoms with Gasteiger partial charge in [0.2, 0.25) is 0 Å². The Hall–Kier alpha value is -0.520. The van der Waals surface area contributed by atoms with Crippen molar-refractivity contribution in [1.29, 1.82) is 0 Å². The number of terminal acetylenes is 1. The fourth-order valence-electron chi connectivity index (χ4n) is 0.419. The van der Waals surface area contributed by atoms with Crippen molar-refractivity contribution in [2.45, 2.75) is 26.3 Å². The van der Waals surface area contributed by atoms with Gasteiger partial charge < -0.3 is 4.84 Å². The van der Waals surface area contributed by atoms with Crippen LogP contribution in [0.25, 0.3) is 0 Å². The molecule has 2 nitrogen and oxygen atoms in total. The van der Waals surface area contributed by atoms with Gasteiger partial charge in [-0.3, -0.25) is 0 Å². The van der Waals surface area contributed by atoms with E-state index < -0.39 is 0 Å². The zero-order valence-electron chi connectivity index (χ0n) is 5.98. The van der Waals surface area contributed by atoms with Crippen LogP contribution in [0.15, 0.2) is 0 Å². The van der Waals surface area contributed by atoms with Crippen LogP contribution in [0, 0.1) is 12.3 Å². The fraction of sp³-hybridized carbons (Fsp3) is 0.714. The van der Waals surface area contributed by atoms with Crippen molar-refractivity contribution in [3.05, 3.63) is 0 Å². The molecular weight excluding hydrogens is 114 g/mol. The van der Waals surface area contributed by atoms with Crippen LogP contribution in [0.5, 0.6) is 0 Å². The minimum atomic E-state index is 0.0601.